The normalized spacial score (nSPS) is 16.8. The minimum atomic E-state index is 0.0106. The Hall–Kier alpha value is -2.63. The number of carbonyl (C=O) groups is 2. The predicted molar refractivity (Wildman–Crippen MR) is 94.7 cm³/mol. The first-order valence-corrected chi connectivity index (χ1v) is 8.57. The molecule has 1 fully saturated rings. The lowest BCUT2D eigenvalue weighted by Gasteiger charge is -2.18. The van der Waals surface area contributed by atoms with Gasteiger partial charge in [-0.1, -0.05) is 30.3 Å². The number of hydrogen-bond donors (Lipinski definition) is 1. The summed E-state index contributed by atoms with van der Waals surface area (Å²) in [6.07, 6.45) is 1.33. The van der Waals surface area contributed by atoms with Crippen LogP contribution in [-0.4, -0.2) is 33.5 Å². The van der Waals surface area contributed by atoms with Crippen LogP contribution in [0, 0.1) is 13.8 Å². The van der Waals surface area contributed by atoms with Crippen molar-refractivity contribution in [3.63, 3.8) is 0 Å². The molecule has 6 nitrogen and oxygen atoms in total. The van der Waals surface area contributed by atoms with Crippen molar-refractivity contribution in [2.75, 3.05) is 7.05 Å². The number of likely N-dealkylation sites (N-methyl/N-ethyl adjacent to an activating group) is 1. The lowest BCUT2D eigenvalue weighted by atomic mass is 10.0. The molecular formula is C19H24N4O2. The maximum Gasteiger partial charge on any atom is 0.244 e. The van der Waals surface area contributed by atoms with Crippen molar-refractivity contribution in [3.05, 3.63) is 52.8 Å². The van der Waals surface area contributed by atoms with Gasteiger partial charge in [0.1, 0.15) is 6.54 Å². The van der Waals surface area contributed by atoms with Gasteiger partial charge in [0.25, 0.3) is 0 Å². The summed E-state index contributed by atoms with van der Waals surface area (Å²) in [4.78, 5) is 25.8. The Balaban J connectivity index is 1.70. The van der Waals surface area contributed by atoms with Crippen LogP contribution in [0.5, 0.6) is 0 Å². The Bertz CT molecular complexity index is 782. The largest absolute Gasteiger partial charge is 0.349 e. The molecule has 1 atom stereocenters. The number of nitrogens with one attached hydrogen (secondary N) is 1. The molecule has 1 saturated heterocycles. The van der Waals surface area contributed by atoms with Crippen LogP contribution < -0.4 is 5.32 Å². The Morgan fingerprint density at radius 2 is 2.04 bits per heavy atom. The highest BCUT2D eigenvalue weighted by molar-refractivity contribution is 5.79. The summed E-state index contributed by atoms with van der Waals surface area (Å²) in [5.41, 5.74) is 3.97. The first-order chi connectivity index (χ1) is 12.0. The second-order valence-electron chi connectivity index (χ2n) is 6.64. The van der Waals surface area contributed by atoms with E-state index in [0.717, 1.165) is 28.9 Å². The summed E-state index contributed by atoms with van der Waals surface area (Å²) in [5.74, 6) is 0.0895. The highest BCUT2D eigenvalue weighted by Gasteiger charge is 2.28. The molecule has 0 aliphatic carbocycles. The summed E-state index contributed by atoms with van der Waals surface area (Å²) < 4.78 is 1.75. The number of rotatable bonds is 5. The van der Waals surface area contributed by atoms with E-state index in [1.54, 1.807) is 16.6 Å². The fraction of sp³-hybridized carbons (Fsp3) is 0.421. The average molecular weight is 340 g/mol. The number of carbonyl (C=O) groups excluding carboxylic acids is 2. The molecule has 0 radical (unpaired) electrons. The molecule has 1 aromatic carbocycles. The molecule has 2 amide bonds. The maximum atomic E-state index is 12.6. The molecule has 132 valence electrons. The third-order valence-corrected chi connectivity index (χ3v) is 4.75. The third kappa shape index (κ3) is 3.73. The van der Waals surface area contributed by atoms with Gasteiger partial charge in [-0.15, -0.1) is 0 Å². The molecule has 3 rings (SSSR count). The fourth-order valence-corrected chi connectivity index (χ4v) is 3.39. The molecule has 1 unspecified atom stereocenters. The topological polar surface area (TPSA) is 67.2 Å². The summed E-state index contributed by atoms with van der Waals surface area (Å²) >= 11 is 0. The van der Waals surface area contributed by atoms with E-state index in [1.807, 2.05) is 44.2 Å². The van der Waals surface area contributed by atoms with Crippen molar-refractivity contribution < 1.29 is 9.59 Å². The molecule has 1 aliphatic heterocycles. The van der Waals surface area contributed by atoms with Crippen molar-refractivity contribution in [2.45, 2.75) is 45.8 Å². The van der Waals surface area contributed by atoms with E-state index in [1.165, 1.54) is 0 Å². The average Bonchev–Trinajstić information content (AvgIpc) is 3.11. The zero-order chi connectivity index (χ0) is 18.0. The minimum absolute atomic E-state index is 0.0106. The Labute approximate surface area is 147 Å². The Kier molecular flexibility index (Phi) is 4.88. The summed E-state index contributed by atoms with van der Waals surface area (Å²) in [6.45, 7) is 4.67. The van der Waals surface area contributed by atoms with Gasteiger partial charge in [0.15, 0.2) is 0 Å². The highest BCUT2D eigenvalue weighted by Crippen LogP contribution is 2.28. The number of amides is 2. The van der Waals surface area contributed by atoms with Crippen molar-refractivity contribution in [1.82, 2.24) is 20.0 Å². The molecule has 0 spiro atoms. The van der Waals surface area contributed by atoms with E-state index in [-0.39, 0.29) is 24.4 Å². The fourth-order valence-electron chi connectivity index (χ4n) is 3.39. The van der Waals surface area contributed by atoms with Crippen molar-refractivity contribution in [1.29, 1.82) is 0 Å². The highest BCUT2D eigenvalue weighted by atomic mass is 16.2. The summed E-state index contributed by atoms with van der Waals surface area (Å²) in [5, 5.41) is 7.51. The monoisotopic (exact) mass is 340 g/mol. The molecule has 1 N–H and O–H groups in total. The first-order valence-electron chi connectivity index (χ1n) is 8.57. The molecule has 25 heavy (non-hydrogen) atoms. The molecule has 6 heteroatoms. The zero-order valence-corrected chi connectivity index (χ0v) is 15.0. The molecule has 0 saturated carbocycles. The van der Waals surface area contributed by atoms with Crippen LogP contribution in [0.3, 0.4) is 0 Å². The van der Waals surface area contributed by atoms with Crippen LogP contribution in [0.25, 0.3) is 0 Å². The Morgan fingerprint density at radius 1 is 1.32 bits per heavy atom. The summed E-state index contributed by atoms with van der Waals surface area (Å²) in [7, 11) is 1.80. The van der Waals surface area contributed by atoms with E-state index in [4.69, 9.17) is 0 Å². The van der Waals surface area contributed by atoms with E-state index in [0.29, 0.717) is 13.0 Å². The number of aromatic nitrogens is 2. The van der Waals surface area contributed by atoms with Crippen LogP contribution in [0.2, 0.25) is 0 Å². The lowest BCUT2D eigenvalue weighted by molar-refractivity contribution is -0.131. The molecule has 0 bridgehead atoms. The lowest BCUT2D eigenvalue weighted by Crippen LogP contribution is -2.30. The van der Waals surface area contributed by atoms with Gasteiger partial charge < -0.3 is 10.2 Å². The van der Waals surface area contributed by atoms with Crippen LogP contribution in [0.15, 0.2) is 30.3 Å². The number of aryl methyl sites for hydroxylation is 1. The Morgan fingerprint density at radius 3 is 2.68 bits per heavy atom. The van der Waals surface area contributed by atoms with Crippen LogP contribution in [-0.2, 0) is 22.7 Å². The predicted octanol–water partition coefficient (Wildman–Crippen LogP) is 2.11. The van der Waals surface area contributed by atoms with E-state index in [2.05, 4.69) is 10.4 Å². The maximum absolute atomic E-state index is 12.6. The number of nitrogens with zero attached hydrogens (tertiary/aromatic N) is 3. The van der Waals surface area contributed by atoms with E-state index < -0.39 is 0 Å². The first kappa shape index (κ1) is 17.2. The van der Waals surface area contributed by atoms with E-state index >= 15 is 0 Å². The molecule has 1 aliphatic rings. The second kappa shape index (κ2) is 7.09. The van der Waals surface area contributed by atoms with Gasteiger partial charge in [0, 0.05) is 31.3 Å². The van der Waals surface area contributed by atoms with Crippen LogP contribution in [0.1, 0.15) is 41.4 Å². The van der Waals surface area contributed by atoms with Gasteiger partial charge in [-0.3, -0.25) is 14.3 Å². The third-order valence-electron chi connectivity index (χ3n) is 4.75. The van der Waals surface area contributed by atoms with E-state index in [9.17, 15) is 9.59 Å². The standard InChI is InChI=1S/C19H24N4O2/c1-13-19(16-9-10-17(24)20-16)14(2)23(21-13)12-18(25)22(3)11-15-7-5-4-6-8-15/h4-8,16H,9-12H2,1-3H3,(H,20,24). The van der Waals surface area contributed by atoms with Crippen LogP contribution >= 0.6 is 0 Å². The van der Waals surface area contributed by atoms with Gasteiger partial charge in [-0.2, -0.15) is 5.10 Å². The van der Waals surface area contributed by atoms with Crippen molar-refractivity contribution in [3.8, 4) is 0 Å². The minimum Gasteiger partial charge on any atom is -0.349 e. The zero-order valence-electron chi connectivity index (χ0n) is 15.0. The molecule has 2 aromatic rings. The molecular weight excluding hydrogens is 316 g/mol. The van der Waals surface area contributed by atoms with Crippen LogP contribution in [0.4, 0.5) is 0 Å². The second-order valence-corrected chi connectivity index (χ2v) is 6.64. The van der Waals surface area contributed by atoms with Gasteiger partial charge in [-0.25, -0.2) is 0 Å². The van der Waals surface area contributed by atoms with Gasteiger partial charge >= 0.3 is 0 Å². The van der Waals surface area contributed by atoms with Gasteiger partial charge in [0.05, 0.1) is 11.7 Å². The van der Waals surface area contributed by atoms with Crippen molar-refractivity contribution >= 4 is 11.8 Å². The smallest absolute Gasteiger partial charge is 0.244 e. The molecule has 1 aromatic heterocycles. The quantitative estimate of drug-likeness (QED) is 0.906. The van der Waals surface area contributed by atoms with Gasteiger partial charge in [0.2, 0.25) is 11.8 Å². The molecule has 2 heterocycles. The number of hydrogen-bond acceptors (Lipinski definition) is 3. The van der Waals surface area contributed by atoms with Crippen molar-refractivity contribution in [2.24, 2.45) is 0 Å². The number of benzene rings is 1. The SMILES string of the molecule is Cc1nn(CC(=O)N(C)Cc2ccccc2)c(C)c1C1CCC(=O)N1. The van der Waals surface area contributed by atoms with Gasteiger partial charge in [-0.05, 0) is 25.8 Å². The summed E-state index contributed by atoms with van der Waals surface area (Å²) in [6, 6.07) is 9.93.